The molecule has 78 valence electrons. The van der Waals surface area contributed by atoms with Gasteiger partial charge in [-0.2, -0.15) is 0 Å². The van der Waals surface area contributed by atoms with Crippen LogP contribution in [0.3, 0.4) is 0 Å². The summed E-state index contributed by atoms with van der Waals surface area (Å²) in [6.45, 7) is 1.56. The minimum Gasteiger partial charge on any atom is -0.345 e. The highest BCUT2D eigenvalue weighted by Crippen LogP contribution is 2.14. The molecule has 2 aromatic rings. The first kappa shape index (κ1) is 11.1. The van der Waals surface area contributed by atoms with E-state index in [0.717, 1.165) is 17.0 Å². The van der Waals surface area contributed by atoms with Crippen molar-refractivity contribution >= 4 is 5.78 Å². The van der Waals surface area contributed by atoms with E-state index in [1.54, 1.807) is 31.5 Å². The molecule has 0 fully saturated rings. The highest BCUT2D eigenvalue weighted by Gasteiger charge is 2.01. The second kappa shape index (κ2) is 4.52. The van der Waals surface area contributed by atoms with Crippen molar-refractivity contribution in [1.82, 2.24) is 16.1 Å². The number of Topliss-reactive ketones (excluding diaryl/α,β-unsaturated/α-hetero) is 1. The summed E-state index contributed by atoms with van der Waals surface area (Å²) in [4.78, 5) is 18.1. The van der Waals surface area contributed by atoms with Gasteiger partial charge in [-0.15, -0.1) is 0 Å². The summed E-state index contributed by atoms with van der Waals surface area (Å²) >= 11 is 0. The smallest absolute Gasteiger partial charge is 0.159 e. The summed E-state index contributed by atoms with van der Waals surface area (Å²) < 4.78 is 0. The number of rotatable bonds is 2. The van der Waals surface area contributed by atoms with Crippen LogP contribution in [0.1, 0.15) is 17.3 Å². The SMILES string of the molecule is CC(=O)c1ccc(-c2ncc[nH]2)cc1.N. The molecule has 0 radical (unpaired) electrons. The van der Waals surface area contributed by atoms with Gasteiger partial charge in [-0.05, 0) is 6.92 Å². The van der Waals surface area contributed by atoms with Gasteiger partial charge in [0.25, 0.3) is 0 Å². The molecular formula is C11H13N3O. The molecule has 15 heavy (non-hydrogen) atoms. The molecule has 4 heteroatoms. The largest absolute Gasteiger partial charge is 0.345 e. The molecule has 0 aliphatic rings. The van der Waals surface area contributed by atoms with Gasteiger partial charge < -0.3 is 11.1 Å². The standard InChI is InChI=1S/C11H10N2O.H3N/c1-8(14)9-2-4-10(5-3-9)11-12-6-7-13-11;/h2-7H,1H3,(H,12,13);1H3. The molecular weight excluding hydrogens is 190 g/mol. The number of aromatic nitrogens is 2. The van der Waals surface area contributed by atoms with E-state index in [0.29, 0.717) is 0 Å². The summed E-state index contributed by atoms with van der Waals surface area (Å²) in [5.74, 6) is 0.899. The second-order valence-corrected chi connectivity index (χ2v) is 3.07. The Labute approximate surface area is 87.9 Å². The monoisotopic (exact) mass is 203 g/mol. The molecule has 4 nitrogen and oxygen atoms in total. The highest BCUT2D eigenvalue weighted by molar-refractivity contribution is 5.94. The number of benzene rings is 1. The number of hydrogen-bond donors (Lipinski definition) is 2. The fourth-order valence-corrected chi connectivity index (χ4v) is 1.29. The van der Waals surface area contributed by atoms with Gasteiger partial charge in [0.05, 0.1) is 0 Å². The third kappa shape index (κ3) is 2.30. The van der Waals surface area contributed by atoms with Crippen LogP contribution in [0.15, 0.2) is 36.7 Å². The van der Waals surface area contributed by atoms with E-state index in [2.05, 4.69) is 9.97 Å². The number of nitrogens with zero attached hydrogens (tertiary/aromatic N) is 1. The molecule has 0 unspecified atom stereocenters. The Morgan fingerprint density at radius 2 is 1.93 bits per heavy atom. The van der Waals surface area contributed by atoms with Crippen LogP contribution in [-0.2, 0) is 0 Å². The molecule has 1 heterocycles. The third-order valence-corrected chi connectivity index (χ3v) is 2.06. The zero-order valence-corrected chi connectivity index (χ0v) is 8.53. The predicted octanol–water partition coefficient (Wildman–Crippen LogP) is 2.44. The van der Waals surface area contributed by atoms with Crippen LogP contribution in [0.2, 0.25) is 0 Å². The van der Waals surface area contributed by atoms with E-state index < -0.39 is 0 Å². The first-order chi connectivity index (χ1) is 6.77. The van der Waals surface area contributed by atoms with Crippen LogP contribution in [0.5, 0.6) is 0 Å². The predicted molar refractivity (Wildman–Crippen MR) is 59.1 cm³/mol. The number of carbonyl (C=O) groups excluding carboxylic acids is 1. The molecule has 0 aliphatic heterocycles. The topological polar surface area (TPSA) is 80.8 Å². The van der Waals surface area contributed by atoms with Crippen molar-refractivity contribution < 1.29 is 4.79 Å². The molecule has 0 spiro atoms. The summed E-state index contributed by atoms with van der Waals surface area (Å²) in [5.41, 5.74) is 1.71. The van der Waals surface area contributed by atoms with Crippen LogP contribution >= 0.6 is 0 Å². The highest BCUT2D eigenvalue weighted by atomic mass is 16.1. The Hall–Kier alpha value is -1.94. The van der Waals surface area contributed by atoms with Crippen molar-refractivity contribution in [2.45, 2.75) is 6.92 Å². The molecule has 0 atom stereocenters. The second-order valence-electron chi connectivity index (χ2n) is 3.07. The van der Waals surface area contributed by atoms with Gasteiger partial charge in [-0.25, -0.2) is 4.98 Å². The molecule has 1 aromatic carbocycles. The van der Waals surface area contributed by atoms with E-state index in [4.69, 9.17) is 0 Å². The lowest BCUT2D eigenvalue weighted by Crippen LogP contribution is -1.91. The lowest BCUT2D eigenvalue weighted by molar-refractivity contribution is 0.101. The Balaban J connectivity index is 0.00000112. The quantitative estimate of drug-likeness (QED) is 0.735. The Kier molecular flexibility index (Phi) is 3.36. The van der Waals surface area contributed by atoms with Gasteiger partial charge >= 0.3 is 0 Å². The Morgan fingerprint density at radius 3 is 2.40 bits per heavy atom. The lowest BCUT2D eigenvalue weighted by Gasteiger charge is -1.98. The molecule has 0 aliphatic carbocycles. The van der Waals surface area contributed by atoms with Gasteiger partial charge in [0.2, 0.25) is 0 Å². The average Bonchev–Trinajstić information content (AvgIpc) is 2.71. The normalized spacial score (nSPS) is 9.40. The van der Waals surface area contributed by atoms with Crippen molar-refractivity contribution in [1.29, 1.82) is 0 Å². The summed E-state index contributed by atoms with van der Waals surface area (Å²) in [5, 5.41) is 0. The number of aromatic amines is 1. The third-order valence-electron chi connectivity index (χ3n) is 2.06. The number of imidazole rings is 1. The molecule has 0 saturated carbocycles. The van der Waals surface area contributed by atoms with E-state index >= 15 is 0 Å². The Bertz CT molecular complexity index is 431. The molecule has 0 saturated heterocycles. The van der Waals surface area contributed by atoms with Crippen LogP contribution in [0.4, 0.5) is 0 Å². The first-order valence-corrected chi connectivity index (χ1v) is 4.38. The summed E-state index contributed by atoms with van der Waals surface area (Å²) in [6.07, 6.45) is 3.47. The minimum absolute atomic E-state index is 0. The fourth-order valence-electron chi connectivity index (χ4n) is 1.29. The van der Waals surface area contributed by atoms with Crippen molar-refractivity contribution in [2.24, 2.45) is 0 Å². The van der Waals surface area contributed by atoms with Gasteiger partial charge in [0, 0.05) is 23.5 Å². The maximum atomic E-state index is 11.0. The van der Waals surface area contributed by atoms with Crippen LogP contribution in [-0.4, -0.2) is 15.8 Å². The summed E-state index contributed by atoms with van der Waals surface area (Å²) in [6, 6.07) is 7.38. The zero-order chi connectivity index (χ0) is 9.97. The molecule has 4 N–H and O–H groups in total. The number of carbonyl (C=O) groups is 1. The van der Waals surface area contributed by atoms with Crippen molar-refractivity contribution in [3.8, 4) is 11.4 Å². The lowest BCUT2D eigenvalue weighted by atomic mass is 10.1. The van der Waals surface area contributed by atoms with Crippen LogP contribution < -0.4 is 6.15 Å². The average molecular weight is 203 g/mol. The van der Waals surface area contributed by atoms with Crippen molar-refractivity contribution in [3.05, 3.63) is 42.2 Å². The number of ketones is 1. The van der Waals surface area contributed by atoms with Gasteiger partial charge in [0.15, 0.2) is 5.78 Å². The summed E-state index contributed by atoms with van der Waals surface area (Å²) in [7, 11) is 0. The van der Waals surface area contributed by atoms with Crippen molar-refractivity contribution in [3.63, 3.8) is 0 Å². The minimum atomic E-state index is 0. The molecule has 0 amide bonds. The fraction of sp³-hybridized carbons (Fsp3) is 0.0909. The molecule has 2 rings (SSSR count). The molecule has 1 aromatic heterocycles. The van der Waals surface area contributed by atoms with Crippen LogP contribution in [0, 0.1) is 0 Å². The van der Waals surface area contributed by atoms with Crippen LogP contribution in [0.25, 0.3) is 11.4 Å². The van der Waals surface area contributed by atoms with Gasteiger partial charge in [-0.1, -0.05) is 24.3 Å². The van der Waals surface area contributed by atoms with Gasteiger partial charge in [0.1, 0.15) is 5.82 Å². The number of hydrogen-bond acceptors (Lipinski definition) is 3. The number of H-pyrrole nitrogens is 1. The molecule has 0 bridgehead atoms. The van der Waals surface area contributed by atoms with E-state index in [1.807, 2.05) is 12.1 Å². The Morgan fingerprint density at radius 1 is 1.27 bits per heavy atom. The van der Waals surface area contributed by atoms with Gasteiger partial charge in [-0.3, -0.25) is 4.79 Å². The maximum absolute atomic E-state index is 11.0. The van der Waals surface area contributed by atoms with E-state index in [-0.39, 0.29) is 11.9 Å². The first-order valence-electron chi connectivity index (χ1n) is 4.38. The van der Waals surface area contributed by atoms with E-state index in [9.17, 15) is 4.79 Å². The van der Waals surface area contributed by atoms with E-state index in [1.165, 1.54) is 0 Å². The number of nitrogens with one attached hydrogen (secondary N) is 1. The zero-order valence-electron chi connectivity index (χ0n) is 8.53. The van der Waals surface area contributed by atoms with Crippen molar-refractivity contribution in [2.75, 3.05) is 0 Å². The maximum Gasteiger partial charge on any atom is 0.159 e.